The van der Waals surface area contributed by atoms with E-state index in [4.69, 9.17) is 5.11 Å². The van der Waals surface area contributed by atoms with Crippen LogP contribution in [0.25, 0.3) is 0 Å². The normalized spacial score (nSPS) is 22.9. The van der Waals surface area contributed by atoms with Gasteiger partial charge in [0.15, 0.2) is 5.78 Å². The minimum Gasteiger partial charge on any atom is -0.481 e. The van der Waals surface area contributed by atoms with E-state index in [1.165, 1.54) is 0 Å². The van der Waals surface area contributed by atoms with Crippen molar-refractivity contribution in [1.29, 1.82) is 0 Å². The van der Waals surface area contributed by atoms with E-state index in [1.54, 1.807) is 6.07 Å². The Morgan fingerprint density at radius 3 is 2.67 bits per heavy atom. The van der Waals surface area contributed by atoms with Crippen LogP contribution >= 0.6 is 15.9 Å². The summed E-state index contributed by atoms with van der Waals surface area (Å²) in [7, 11) is 0. The van der Waals surface area contributed by atoms with Crippen molar-refractivity contribution < 1.29 is 14.7 Å². The first-order chi connectivity index (χ1) is 8.59. The SMILES string of the molecule is O=C(C[C@H]1CCC[C@@H]1C(=O)O)c1ccccc1Br. The van der Waals surface area contributed by atoms with E-state index in [2.05, 4.69) is 15.9 Å². The number of benzene rings is 1. The highest BCUT2D eigenvalue weighted by molar-refractivity contribution is 9.10. The molecule has 0 heterocycles. The number of ketones is 1. The van der Waals surface area contributed by atoms with Crippen LogP contribution in [0.2, 0.25) is 0 Å². The van der Waals surface area contributed by atoms with Crippen molar-refractivity contribution in [2.75, 3.05) is 0 Å². The average molecular weight is 311 g/mol. The van der Waals surface area contributed by atoms with E-state index >= 15 is 0 Å². The van der Waals surface area contributed by atoms with Crippen LogP contribution in [0.5, 0.6) is 0 Å². The first-order valence-electron chi connectivity index (χ1n) is 6.10. The van der Waals surface area contributed by atoms with Crippen LogP contribution in [-0.2, 0) is 4.79 Å². The highest BCUT2D eigenvalue weighted by atomic mass is 79.9. The Balaban J connectivity index is 2.08. The first-order valence-corrected chi connectivity index (χ1v) is 6.89. The van der Waals surface area contributed by atoms with E-state index < -0.39 is 5.97 Å². The summed E-state index contributed by atoms with van der Waals surface area (Å²) in [6.07, 6.45) is 2.78. The predicted molar refractivity (Wildman–Crippen MR) is 71.6 cm³/mol. The van der Waals surface area contributed by atoms with Crippen LogP contribution in [0.15, 0.2) is 28.7 Å². The second kappa shape index (κ2) is 5.65. The molecule has 1 aliphatic rings. The molecule has 1 aromatic rings. The van der Waals surface area contributed by atoms with E-state index in [1.807, 2.05) is 18.2 Å². The smallest absolute Gasteiger partial charge is 0.306 e. The molecule has 3 nitrogen and oxygen atoms in total. The number of aliphatic carboxylic acids is 1. The zero-order chi connectivity index (χ0) is 13.1. The number of halogens is 1. The molecule has 1 aliphatic carbocycles. The monoisotopic (exact) mass is 310 g/mol. The van der Waals surface area contributed by atoms with Crippen LogP contribution in [0, 0.1) is 11.8 Å². The first kappa shape index (κ1) is 13.3. The number of carbonyl (C=O) groups is 2. The predicted octanol–water partition coefficient (Wildman–Crippen LogP) is 3.52. The van der Waals surface area contributed by atoms with Gasteiger partial charge in [0, 0.05) is 16.5 Å². The zero-order valence-electron chi connectivity index (χ0n) is 9.93. The molecule has 0 aromatic heterocycles. The van der Waals surface area contributed by atoms with Crippen LogP contribution in [-0.4, -0.2) is 16.9 Å². The summed E-state index contributed by atoms with van der Waals surface area (Å²) in [5.74, 6) is -1.10. The highest BCUT2D eigenvalue weighted by Crippen LogP contribution is 2.35. The topological polar surface area (TPSA) is 54.4 Å². The van der Waals surface area contributed by atoms with E-state index in [-0.39, 0.29) is 17.6 Å². The molecule has 0 unspecified atom stereocenters. The Kier molecular flexibility index (Phi) is 4.17. The zero-order valence-corrected chi connectivity index (χ0v) is 11.5. The molecule has 0 radical (unpaired) electrons. The van der Waals surface area contributed by atoms with Crippen LogP contribution in [0.1, 0.15) is 36.0 Å². The Morgan fingerprint density at radius 2 is 2.00 bits per heavy atom. The fraction of sp³-hybridized carbons (Fsp3) is 0.429. The average Bonchev–Trinajstić information content (AvgIpc) is 2.77. The lowest BCUT2D eigenvalue weighted by Crippen LogP contribution is -2.21. The maximum atomic E-state index is 12.2. The summed E-state index contributed by atoms with van der Waals surface area (Å²) in [6, 6.07) is 7.28. The maximum absolute atomic E-state index is 12.2. The fourth-order valence-corrected chi connectivity index (χ4v) is 3.15. The molecule has 2 atom stereocenters. The molecule has 1 aromatic carbocycles. The van der Waals surface area contributed by atoms with Gasteiger partial charge in [0.05, 0.1) is 5.92 Å². The second-order valence-corrected chi connectivity index (χ2v) is 5.60. The molecule has 4 heteroatoms. The highest BCUT2D eigenvalue weighted by Gasteiger charge is 2.34. The molecular formula is C14H15BrO3. The third-order valence-corrected chi connectivity index (χ3v) is 4.29. The van der Waals surface area contributed by atoms with Crippen LogP contribution in [0.3, 0.4) is 0 Å². The number of carbonyl (C=O) groups excluding carboxylic acids is 1. The minimum absolute atomic E-state index is 0.0119. The Bertz CT molecular complexity index is 470. The molecule has 0 spiro atoms. The summed E-state index contributed by atoms with van der Waals surface area (Å²) >= 11 is 3.35. The largest absolute Gasteiger partial charge is 0.481 e. The molecule has 1 saturated carbocycles. The third kappa shape index (κ3) is 2.80. The number of rotatable bonds is 4. The van der Waals surface area contributed by atoms with Crippen molar-refractivity contribution in [1.82, 2.24) is 0 Å². The Hall–Kier alpha value is -1.16. The Labute approximate surface area is 114 Å². The van der Waals surface area contributed by atoms with Crippen molar-refractivity contribution in [3.63, 3.8) is 0 Å². The van der Waals surface area contributed by atoms with Gasteiger partial charge >= 0.3 is 5.97 Å². The minimum atomic E-state index is -0.766. The molecule has 0 bridgehead atoms. The van der Waals surface area contributed by atoms with Crippen molar-refractivity contribution in [2.45, 2.75) is 25.7 Å². The number of hydrogen-bond acceptors (Lipinski definition) is 2. The molecule has 18 heavy (non-hydrogen) atoms. The number of hydrogen-bond donors (Lipinski definition) is 1. The van der Waals surface area contributed by atoms with Gasteiger partial charge in [-0.3, -0.25) is 9.59 Å². The van der Waals surface area contributed by atoms with Crippen LogP contribution in [0.4, 0.5) is 0 Å². The molecule has 0 amide bonds. The summed E-state index contributed by atoms with van der Waals surface area (Å²) in [5.41, 5.74) is 0.647. The van der Waals surface area contributed by atoms with Crippen molar-refractivity contribution >= 4 is 27.7 Å². The van der Waals surface area contributed by atoms with Gasteiger partial charge in [-0.05, 0) is 24.8 Å². The molecule has 1 N–H and O–H groups in total. The lowest BCUT2D eigenvalue weighted by Gasteiger charge is -2.15. The van der Waals surface area contributed by atoms with Gasteiger partial charge in [0.1, 0.15) is 0 Å². The van der Waals surface area contributed by atoms with E-state index in [0.29, 0.717) is 18.4 Å². The van der Waals surface area contributed by atoms with Gasteiger partial charge in [-0.15, -0.1) is 0 Å². The van der Waals surface area contributed by atoms with E-state index in [9.17, 15) is 9.59 Å². The van der Waals surface area contributed by atoms with E-state index in [0.717, 1.165) is 17.3 Å². The number of carboxylic acid groups (broad SMARTS) is 1. The van der Waals surface area contributed by atoms with Crippen molar-refractivity contribution in [3.8, 4) is 0 Å². The second-order valence-electron chi connectivity index (χ2n) is 4.74. The lowest BCUT2D eigenvalue weighted by molar-refractivity contribution is -0.142. The maximum Gasteiger partial charge on any atom is 0.306 e. The molecule has 96 valence electrons. The molecule has 2 rings (SSSR count). The van der Waals surface area contributed by atoms with Crippen molar-refractivity contribution in [2.24, 2.45) is 11.8 Å². The lowest BCUT2D eigenvalue weighted by atomic mass is 9.89. The molecule has 0 aliphatic heterocycles. The van der Waals surface area contributed by atoms with Crippen molar-refractivity contribution in [3.05, 3.63) is 34.3 Å². The number of Topliss-reactive ketones (excluding diaryl/α,β-unsaturated/α-hetero) is 1. The third-order valence-electron chi connectivity index (χ3n) is 3.60. The van der Waals surface area contributed by atoms with Gasteiger partial charge in [-0.1, -0.05) is 40.5 Å². The summed E-state index contributed by atoms with van der Waals surface area (Å²) in [4.78, 5) is 23.2. The summed E-state index contributed by atoms with van der Waals surface area (Å²) in [6.45, 7) is 0. The summed E-state index contributed by atoms with van der Waals surface area (Å²) < 4.78 is 0.778. The fourth-order valence-electron chi connectivity index (χ4n) is 2.64. The molecule has 0 saturated heterocycles. The standard InChI is InChI=1S/C14H15BrO3/c15-12-7-2-1-5-11(12)13(16)8-9-4-3-6-10(9)14(17)18/h1-2,5,7,9-10H,3-4,6,8H2,(H,17,18)/t9-,10+/m1/s1. The van der Waals surface area contributed by atoms with Gasteiger partial charge in [0.25, 0.3) is 0 Å². The van der Waals surface area contributed by atoms with Gasteiger partial charge in [0.2, 0.25) is 0 Å². The van der Waals surface area contributed by atoms with Gasteiger partial charge in [-0.2, -0.15) is 0 Å². The Morgan fingerprint density at radius 1 is 1.28 bits per heavy atom. The quantitative estimate of drug-likeness (QED) is 0.866. The van der Waals surface area contributed by atoms with Gasteiger partial charge < -0.3 is 5.11 Å². The molecule has 1 fully saturated rings. The van der Waals surface area contributed by atoms with Crippen LogP contribution < -0.4 is 0 Å². The molecular weight excluding hydrogens is 296 g/mol. The number of carboxylic acids is 1. The summed E-state index contributed by atoms with van der Waals surface area (Å²) in [5, 5.41) is 9.10. The van der Waals surface area contributed by atoms with Gasteiger partial charge in [-0.25, -0.2) is 0 Å².